The molecular weight excluding hydrogens is 329 g/mol. The Morgan fingerprint density at radius 2 is 1.76 bits per heavy atom. The van der Waals surface area contributed by atoms with E-state index in [1.807, 2.05) is 18.2 Å². The Morgan fingerprint density at radius 3 is 2.29 bits per heavy atom. The third-order valence-corrected chi connectivity index (χ3v) is 3.92. The molecule has 0 aliphatic carbocycles. The number of anilines is 1. The Labute approximate surface area is 145 Å². The van der Waals surface area contributed by atoms with E-state index in [4.69, 9.17) is 17.3 Å². The van der Waals surface area contributed by atoms with Crippen molar-refractivity contribution < 1.29 is 0 Å². The first-order valence-corrected chi connectivity index (χ1v) is 7.27. The van der Waals surface area contributed by atoms with Crippen LogP contribution >= 0.6 is 36.4 Å². The monoisotopic (exact) mass is 353 g/mol. The highest BCUT2D eigenvalue weighted by atomic mass is 35.5. The minimum atomic E-state index is 0. The summed E-state index contributed by atoms with van der Waals surface area (Å²) in [5.41, 5.74) is 8.30. The third-order valence-electron chi connectivity index (χ3n) is 3.68. The minimum absolute atomic E-state index is 0. The van der Waals surface area contributed by atoms with Crippen molar-refractivity contribution >= 4 is 42.1 Å². The first kappa shape index (κ1) is 20.8. The molecule has 1 aliphatic rings. The van der Waals surface area contributed by atoms with E-state index in [-0.39, 0.29) is 30.2 Å². The average Bonchev–Trinajstić information content (AvgIpc) is 2.33. The van der Waals surface area contributed by atoms with E-state index >= 15 is 0 Å². The first-order chi connectivity index (χ1) is 8.89. The first-order valence-electron chi connectivity index (χ1n) is 6.89. The van der Waals surface area contributed by atoms with E-state index in [0.717, 1.165) is 42.5 Å². The topological polar surface area (TPSA) is 41.3 Å². The van der Waals surface area contributed by atoms with Gasteiger partial charge in [0.2, 0.25) is 0 Å². The van der Waals surface area contributed by atoms with Crippen LogP contribution in [0.15, 0.2) is 18.2 Å². The number of nitrogens with one attached hydrogen (secondary N) is 1. The molecule has 1 aromatic carbocycles. The molecule has 21 heavy (non-hydrogen) atoms. The van der Waals surface area contributed by atoms with E-state index in [0.29, 0.717) is 6.04 Å². The summed E-state index contributed by atoms with van der Waals surface area (Å²) in [5, 5.41) is 4.16. The number of piperazine rings is 1. The molecule has 122 valence electrons. The molecule has 0 spiro atoms. The van der Waals surface area contributed by atoms with Gasteiger partial charge >= 0.3 is 0 Å². The number of benzene rings is 1. The van der Waals surface area contributed by atoms with Crippen LogP contribution < -0.4 is 11.1 Å². The molecule has 1 atom stereocenters. The summed E-state index contributed by atoms with van der Waals surface area (Å²) in [4.78, 5) is 2.51. The molecule has 1 aliphatic heterocycles. The number of nitrogen functional groups attached to an aromatic ring is 1. The highest BCUT2D eigenvalue weighted by molar-refractivity contribution is 6.30. The number of hydrogen-bond donors (Lipinski definition) is 2. The van der Waals surface area contributed by atoms with Gasteiger partial charge in [-0.15, -0.1) is 24.8 Å². The summed E-state index contributed by atoms with van der Waals surface area (Å²) < 4.78 is 0. The Kier molecular flexibility index (Phi) is 8.37. The van der Waals surface area contributed by atoms with Crippen LogP contribution in [0.25, 0.3) is 0 Å². The quantitative estimate of drug-likeness (QED) is 0.795. The molecule has 0 bridgehead atoms. The van der Waals surface area contributed by atoms with Crippen LogP contribution in [0, 0.1) is 5.41 Å². The van der Waals surface area contributed by atoms with Gasteiger partial charge in [-0.3, -0.25) is 4.90 Å². The highest BCUT2D eigenvalue weighted by Crippen LogP contribution is 2.41. The molecule has 1 aromatic rings. The molecule has 0 saturated carbocycles. The lowest BCUT2D eigenvalue weighted by Crippen LogP contribution is -2.48. The molecule has 6 heteroatoms. The molecular formula is C15H26Cl3N3. The van der Waals surface area contributed by atoms with Crippen molar-refractivity contribution in [1.29, 1.82) is 0 Å². The number of nitrogens with two attached hydrogens (primary N) is 1. The van der Waals surface area contributed by atoms with Gasteiger partial charge in [-0.25, -0.2) is 0 Å². The smallest absolute Gasteiger partial charge is 0.0418 e. The number of halogens is 3. The predicted molar refractivity (Wildman–Crippen MR) is 97.0 cm³/mol. The standard InChI is InChI=1S/C15H24ClN3.2ClH/c1-15(2,3)14(19-8-6-18-7-9-19)12-10-11(16)4-5-13(12)17;;/h4-5,10,14,18H,6-9,17H2,1-3H3;2*1H/t14-;;/m1../s1. The summed E-state index contributed by atoms with van der Waals surface area (Å²) in [6, 6.07) is 6.10. The van der Waals surface area contributed by atoms with Crippen LogP contribution in [-0.4, -0.2) is 31.1 Å². The fourth-order valence-electron chi connectivity index (χ4n) is 2.93. The van der Waals surface area contributed by atoms with Crippen LogP contribution in [0.2, 0.25) is 5.02 Å². The third kappa shape index (κ3) is 5.19. The van der Waals surface area contributed by atoms with Crippen molar-refractivity contribution in [1.82, 2.24) is 10.2 Å². The fraction of sp³-hybridized carbons (Fsp3) is 0.600. The maximum absolute atomic E-state index is 6.19. The summed E-state index contributed by atoms with van der Waals surface area (Å²) in [5.74, 6) is 0. The molecule has 0 amide bonds. The summed E-state index contributed by atoms with van der Waals surface area (Å²) in [6.07, 6.45) is 0. The lowest BCUT2D eigenvalue weighted by Gasteiger charge is -2.43. The molecule has 3 N–H and O–H groups in total. The van der Waals surface area contributed by atoms with Gasteiger partial charge in [0, 0.05) is 42.9 Å². The molecule has 0 radical (unpaired) electrons. The van der Waals surface area contributed by atoms with Gasteiger partial charge in [0.15, 0.2) is 0 Å². The highest BCUT2D eigenvalue weighted by Gasteiger charge is 2.33. The van der Waals surface area contributed by atoms with E-state index in [1.54, 1.807) is 0 Å². The molecule has 1 heterocycles. The average molecular weight is 355 g/mol. The zero-order valence-electron chi connectivity index (χ0n) is 12.9. The maximum Gasteiger partial charge on any atom is 0.0418 e. The Hall–Kier alpha value is -0.190. The van der Waals surface area contributed by atoms with Gasteiger partial charge in [-0.05, 0) is 29.2 Å². The number of rotatable bonds is 2. The SMILES string of the molecule is CC(C)(C)[C@@H](c1cc(Cl)ccc1N)N1CCNCC1.Cl.Cl. The van der Waals surface area contributed by atoms with Crippen molar-refractivity contribution in [2.24, 2.45) is 5.41 Å². The molecule has 1 fully saturated rings. The van der Waals surface area contributed by atoms with Gasteiger partial charge in [0.25, 0.3) is 0 Å². The molecule has 0 aromatic heterocycles. The van der Waals surface area contributed by atoms with E-state index in [1.165, 1.54) is 0 Å². The van der Waals surface area contributed by atoms with Crippen LogP contribution in [0.5, 0.6) is 0 Å². The van der Waals surface area contributed by atoms with Gasteiger partial charge in [0.1, 0.15) is 0 Å². The normalized spacial score (nSPS) is 17.5. The zero-order chi connectivity index (χ0) is 14.0. The van der Waals surface area contributed by atoms with Crippen LogP contribution in [0.3, 0.4) is 0 Å². The van der Waals surface area contributed by atoms with Crippen molar-refractivity contribution in [3.05, 3.63) is 28.8 Å². The molecule has 0 unspecified atom stereocenters. The lowest BCUT2D eigenvalue weighted by molar-refractivity contribution is 0.0867. The van der Waals surface area contributed by atoms with E-state index in [9.17, 15) is 0 Å². The van der Waals surface area contributed by atoms with Crippen LogP contribution in [0.1, 0.15) is 32.4 Å². The zero-order valence-corrected chi connectivity index (χ0v) is 15.2. The van der Waals surface area contributed by atoms with Gasteiger partial charge < -0.3 is 11.1 Å². The van der Waals surface area contributed by atoms with Crippen LogP contribution in [0.4, 0.5) is 5.69 Å². The number of nitrogens with zero attached hydrogens (tertiary/aromatic N) is 1. The second-order valence-corrected chi connectivity index (χ2v) is 6.76. The summed E-state index contributed by atoms with van der Waals surface area (Å²) in [6.45, 7) is 11.0. The Balaban J connectivity index is 0.00000200. The van der Waals surface area contributed by atoms with Crippen molar-refractivity contribution in [2.75, 3.05) is 31.9 Å². The van der Waals surface area contributed by atoms with Crippen molar-refractivity contribution in [3.63, 3.8) is 0 Å². The van der Waals surface area contributed by atoms with Gasteiger partial charge in [-0.1, -0.05) is 32.4 Å². The largest absolute Gasteiger partial charge is 0.398 e. The second-order valence-electron chi connectivity index (χ2n) is 6.33. The second kappa shape index (κ2) is 8.44. The van der Waals surface area contributed by atoms with E-state index in [2.05, 4.69) is 31.0 Å². The predicted octanol–water partition coefficient (Wildman–Crippen LogP) is 3.76. The maximum atomic E-state index is 6.19. The van der Waals surface area contributed by atoms with Gasteiger partial charge in [-0.2, -0.15) is 0 Å². The Morgan fingerprint density at radius 1 is 1.19 bits per heavy atom. The van der Waals surface area contributed by atoms with Crippen molar-refractivity contribution in [2.45, 2.75) is 26.8 Å². The molecule has 2 rings (SSSR count). The lowest BCUT2D eigenvalue weighted by atomic mass is 9.80. The molecule has 1 saturated heterocycles. The summed E-state index contributed by atoms with van der Waals surface area (Å²) >= 11 is 6.16. The minimum Gasteiger partial charge on any atom is -0.398 e. The van der Waals surface area contributed by atoms with Crippen molar-refractivity contribution in [3.8, 4) is 0 Å². The molecule has 3 nitrogen and oxygen atoms in total. The van der Waals surface area contributed by atoms with Gasteiger partial charge in [0.05, 0.1) is 0 Å². The Bertz CT molecular complexity index is 440. The fourth-order valence-corrected chi connectivity index (χ4v) is 3.11. The number of hydrogen-bond acceptors (Lipinski definition) is 3. The van der Waals surface area contributed by atoms with Crippen LogP contribution in [-0.2, 0) is 0 Å². The summed E-state index contributed by atoms with van der Waals surface area (Å²) in [7, 11) is 0. The van der Waals surface area contributed by atoms with E-state index < -0.39 is 0 Å².